The lowest BCUT2D eigenvalue weighted by molar-refractivity contribution is 0.112. The number of aliphatic hydroxyl groups is 1. The minimum Gasteiger partial charge on any atom is -0.496 e. The van der Waals surface area contributed by atoms with Crippen LogP contribution in [0, 0.1) is 11.3 Å². The Hall–Kier alpha value is -2.62. The van der Waals surface area contributed by atoms with Crippen LogP contribution in [0.15, 0.2) is 30.5 Å². The molecular weight excluding hydrogens is 330 g/mol. The Labute approximate surface area is 145 Å². The lowest BCUT2D eigenvalue weighted by atomic mass is 10.0. The van der Waals surface area contributed by atoms with Crippen molar-refractivity contribution in [3.8, 4) is 11.8 Å². The van der Waals surface area contributed by atoms with Crippen molar-refractivity contribution in [1.82, 2.24) is 4.98 Å². The van der Waals surface area contributed by atoms with E-state index in [2.05, 4.69) is 16.4 Å². The smallest absolute Gasteiger partial charge is 0.151 e. The largest absolute Gasteiger partial charge is 0.496 e. The summed E-state index contributed by atoms with van der Waals surface area (Å²) in [5.74, 6) is 1.13. The number of nitrogens with one attached hydrogen (secondary N) is 1. The summed E-state index contributed by atoms with van der Waals surface area (Å²) in [6, 6.07) is 8.65. The van der Waals surface area contributed by atoms with Crippen LogP contribution in [0.25, 0.3) is 0 Å². The average Bonchev–Trinajstić information content (AvgIpc) is 2.64. The van der Waals surface area contributed by atoms with Crippen LogP contribution in [-0.2, 0) is 0 Å². The molecule has 2 aromatic rings. The van der Waals surface area contributed by atoms with Gasteiger partial charge in [0, 0.05) is 24.4 Å². The molecule has 0 saturated carbocycles. The van der Waals surface area contributed by atoms with E-state index in [1.807, 2.05) is 6.92 Å². The van der Waals surface area contributed by atoms with E-state index in [4.69, 9.17) is 26.7 Å². The van der Waals surface area contributed by atoms with Gasteiger partial charge in [-0.1, -0.05) is 11.6 Å². The number of benzene rings is 1. The lowest BCUT2D eigenvalue weighted by Crippen LogP contribution is -2.10. The number of aromatic nitrogens is 1. The summed E-state index contributed by atoms with van der Waals surface area (Å²) in [4.78, 5) is 14.8. The van der Waals surface area contributed by atoms with Gasteiger partial charge in [-0.2, -0.15) is 5.26 Å². The number of methoxy groups -OCH3 is 1. The molecule has 0 aliphatic heterocycles. The number of anilines is 1. The van der Waals surface area contributed by atoms with E-state index in [1.165, 1.54) is 6.20 Å². The number of hydrogen-bond acceptors (Lipinski definition) is 6. The molecule has 0 aliphatic carbocycles. The molecule has 0 saturated heterocycles. The fourth-order valence-electron chi connectivity index (χ4n) is 2.05. The monoisotopic (exact) mass is 347 g/mol. The quantitative estimate of drug-likeness (QED) is 0.806. The molecule has 7 heteroatoms. The molecule has 2 rings (SSSR count). The van der Waals surface area contributed by atoms with Crippen molar-refractivity contribution >= 4 is 23.7 Å². The maximum atomic E-state index is 10.7. The molecule has 1 aromatic carbocycles. The average molecular weight is 348 g/mol. The minimum absolute atomic E-state index is 0.185. The van der Waals surface area contributed by atoms with Crippen LogP contribution in [0.2, 0.25) is 5.02 Å². The Morgan fingerprint density at radius 3 is 2.67 bits per heavy atom. The predicted molar refractivity (Wildman–Crippen MR) is 92.5 cm³/mol. The summed E-state index contributed by atoms with van der Waals surface area (Å²) < 4.78 is 5.32. The lowest BCUT2D eigenvalue weighted by Gasteiger charge is -2.18. The minimum atomic E-state index is -0.185. The van der Waals surface area contributed by atoms with E-state index in [-0.39, 0.29) is 6.04 Å². The Kier molecular flexibility index (Phi) is 7.69. The molecule has 0 bridgehead atoms. The molecule has 1 heterocycles. The van der Waals surface area contributed by atoms with Crippen LogP contribution in [-0.4, -0.2) is 30.6 Å². The highest BCUT2D eigenvalue weighted by Crippen LogP contribution is 2.30. The van der Waals surface area contributed by atoms with Gasteiger partial charge in [0.05, 0.1) is 29.8 Å². The number of hydrogen-bond donors (Lipinski definition) is 2. The first-order valence-electron chi connectivity index (χ1n) is 6.99. The van der Waals surface area contributed by atoms with Gasteiger partial charge >= 0.3 is 0 Å². The van der Waals surface area contributed by atoms with E-state index in [9.17, 15) is 4.79 Å². The molecule has 2 N–H and O–H groups in total. The summed E-state index contributed by atoms with van der Waals surface area (Å²) >= 11 is 6.10. The van der Waals surface area contributed by atoms with E-state index in [0.717, 1.165) is 12.7 Å². The fraction of sp³-hybridized carbons (Fsp3) is 0.235. The van der Waals surface area contributed by atoms with Gasteiger partial charge in [0.2, 0.25) is 0 Å². The molecule has 1 atom stereocenters. The maximum Gasteiger partial charge on any atom is 0.151 e. The van der Waals surface area contributed by atoms with Gasteiger partial charge < -0.3 is 15.2 Å². The highest BCUT2D eigenvalue weighted by Gasteiger charge is 2.14. The highest BCUT2D eigenvalue weighted by atomic mass is 35.5. The number of carbonyl (C=O) groups excluding carboxylic acids is 1. The highest BCUT2D eigenvalue weighted by molar-refractivity contribution is 6.33. The number of rotatable bonds is 5. The zero-order valence-electron chi connectivity index (χ0n) is 13.6. The molecule has 0 fully saturated rings. The third-order valence-electron chi connectivity index (χ3n) is 3.18. The number of aldehydes is 1. The van der Waals surface area contributed by atoms with Crippen molar-refractivity contribution in [2.75, 3.05) is 19.5 Å². The van der Waals surface area contributed by atoms with Gasteiger partial charge in [0.1, 0.15) is 11.6 Å². The zero-order valence-corrected chi connectivity index (χ0v) is 14.3. The molecule has 0 unspecified atom stereocenters. The first-order chi connectivity index (χ1) is 11.6. The third-order valence-corrected chi connectivity index (χ3v) is 3.47. The molecule has 24 heavy (non-hydrogen) atoms. The second-order valence-electron chi connectivity index (χ2n) is 4.65. The van der Waals surface area contributed by atoms with Gasteiger partial charge in [-0.15, -0.1) is 0 Å². The molecule has 126 valence electrons. The summed E-state index contributed by atoms with van der Waals surface area (Å²) in [7, 11) is 2.57. The summed E-state index contributed by atoms with van der Waals surface area (Å²) in [6.45, 7) is 1.91. The predicted octanol–water partition coefficient (Wildman–Crippen LogP) is 3.21. The number of nitrogens with zero attached hydrogens (tertiary/aromatic N) is 2. The van der Waals surface area contributed by atoms with Gasteiger partial charge in [-0.25, -0.2) is 4.98 Å². The maximum absolute atomic E-state index is 10.7. The van der Waals surface area contributed by atoms with Crippen molar-refractivity contribution in [2.45, 2.75) is 13.0 Å². The molecular formula is C17H18ClN3O3. The number of pyridine rings is 1. The normalized spacial score (nSPS) is 10.7. The van der Waals surface area contributed by atoms with E-state index < -0.39 is 0 Å². The molecule has 0 radical (unpaired) electrons. The van der Waals surface area contributed by atoms with Crippen LogP contribution in [0.5, 0.6) is 5.75 Å². The van der Waals surface area contributed by atoms with Crippen LogP contribution < -0.4 is 10.1 Å². The van der Waals surface area contributed by atoms with Crippen LogP contribution in [0.3, 0.4) is 0 Å². The van der Waals surface area contributed by atoms with Crippen molar-refractivity contribution in [2.24, 2.45) is 0 Å². The van der Waals surface area contributed by atoms with Crippen molar-refractivity contribution in [3.63, 3.8) is 0 Å². The Balaban J connectivity index is 0.00000139. The van der Waals surface area contributed by atoms with Gasteiger partial charge in [0.25, 0.3) is 0 Å². The number of halogens is 1. The van der Waals surface area contributed by atoms with Crippen LogP contribution in [0.1, 0.15) is 34.5 Å². The zero-order chi connectivity index (χ0) is 18.1. The molecule has 1 aromatic heterocycles. The number of nitriles is 1. The SMILES string of the molecule is CO.COc1ccc(C#N)cc1[C@H](C)Nc1ncc(C=O)cc1Cl. The summed E-state index contributed by atoms with van der Waals surface area (Å²) in [6.07, 6.45) is 2.13. The summed E-state index contributed by atoms with van der Waals surface area (Å²) in [5.41, 5.74) is 1.77. The molecule has 0 amide bonds. The van der Waals surface area contributed by atoms with Gasteiger partial charge in [-0.3, -0.25) is 4.79 Å². The molecule has 0 aliphatic rings. The van der Waals surface area contributed by atoms with E-state index in [0.29, 0.717) is 34.0 Å². The third kappa shape index (κ3) is 4.69. The van der Waals surface area contributed by atoms with Crippen molar-refractivity contribution in [3.05, 3.63) is 52.2 Å². The Morgan fingerprint density at radius 2 is 2.12 bits per heavy atom. The molecule has 6 nitrogen and oxygen atoms in total. The Bertz CT molecular complexity index is 744. The van der Waals surface area contributed by atoms with E-state index >= 15 is 0 Å². The fourth-order valence-corrected chi connectivity index (χ4v) is 2.28. The standard InChI is InChI=1S/C16H14ClN3O2.CH4O/c1-10(13-5-11(7-18)3-4-15(13)22-2)20-16-14(17)6-12(9-21)8-19-16;1-2/h3-6,8-10H,1-2H3,(H,19,20);2H,1H3/t10-;/m0./s1. The van der Waals surface area contributed by atoms with Gasteiger partial charge in [0.15, 0.2) is 6.29 Å². The number of carbonyl (C=O) groups is 1. The first kappa shape index (κ1) is 19.4. The van der Waals surface area contributed by atoms with Gasteiger partial charge in [-0.05, 0) is 31.2 Å². The number of aliphatic hydroxyl groups excluding tert-OH is 1. The first-order valence-corrected chi connectivity index (χ1v) is 7.37. The molecule has 0 spiro atoms. The topological polar surface area (TPSA) is 95.2 Å². The van der Waals surface area contributed by atoms with Crippen molar-refractivity contribution < 1.29 is 14.6 Å². The van der Waals surface area contributed by atoms with Crippen LogP contribution >= 0.6 is 11.6 Å². The second kappa shape index (κ2) is 9.50. The summed E-state index contributed by atoms with van der Waals surface area (Å²) in [5, 5.41) is 19.5. The second-order valence-corrected chi connectivity index (χ2v) is 5.06. The number of ether oxygens (including phenoxy) is 1. The van der Waals surface area contributed by atoms with Crippen LogP contribution in [0.4, 0.5) is 5.82 Å². The van der Waals surface area contributed by atoms with Crippen molar-refractivity contribution in [1.29, 1.82) is 5.26 Å². The van der Waals surface area contributed by atoms with E-state index in [1.54, 1.807) is 31.4 Å². The Morgan fingerprint density at radius 1 is 1.42 bits per heavy atom.